The lowest BCUT2D eigenvalue weighted by Gasteiger charge is -2.44. The summed E-state index contributed by atoms with van der Waals surface area (Å²) in [5.74, 6) is 0.0740. The molecule has 2 N–H and O–H groups in total. The summed E-state index contributed by atoms with van der Waals surface area (Å²) in [4.78, 5) is 12.0. The van der Waals surface area contributed by atoms with Crippen LogP contribution in [-0.4, -0.2) is 24.0 Å². The molecule has 1 saturated heterocycles. The first kappa shape index (κ1) is 14.8. The number of hydrogen-bond acceptors (Lipinski definition) is 2. The second kappa shape index (κ2) is 6.32. The maximum Gasteiger partial charge on any atom is 0.234 e. The van der Waals surface area contributed by atoms with Crippen LogP contribution in [0, 0.1) is 0 Å². The van der Waals surface area contributed by atoms with Gasteiger partial charge in [0, 0.05) is 6.04 Å². The van der Waals surface area contributed by atoms with E-state index in [0.717, 1.165) is 12.8 Å². The van der Waals surface area contributed by atoms with Gasteiger partial charge < -0.3 is 10.6 Å². The molecule has 22 heavy (non-hydrogen) atoms. The second-order valence-corrected chi connectivity index (χ2v) is 6.13. The van der Waals surface area contributed by atoms with Crippen LogP contribution in [0.4, 0.5) is 0 Å². The molecule has 1 unspecified atom stereocenters. The molecule has 114 valence electrons. The Balaban J connectivity index is 1.92. The molecule has 0 bridgehead atoms. The molecular formula is C19H22N2O. The zero-order valence-electron chi connectivity index (χ0n) is 12.9. The van der Waals surface area contributed by atoms with E-state index in [9.17, 15) is 4.79 Å². The zero-order valence-corrected chi connectivity index (χ0v) is 12.9. The van der Waals surface area contributed by atoms with Crippen molar-refractivity contribution in [2.75, 3.05) is 6.54 Å². The molecule has 0 saturated carbocycles. The number of piperazine rings is 1. The minimum Gasteiger partial charge on any atom is -0.347 e. The van der Waals surface area contributed by atoms with E-state index < -0.39 is 0 Å². The SMILES string of the molecule is CC1NCC(=O)NC1(Cc1ccccc1)Cc1ccccc1. The third kappa shape index (κ3) is 3.20. The van der Waals surface area contributed by atoms with E-state index in [1.54, 1.807) is 0 Å². The van der Waals surface area contributed by atoms with Crippen LogP contribution in [0.3, 0.4) is 0 Å². The van der Waals surface area contributed by atoms with E-state index in [1.807, 2.05) is 36.4 Å². The Hall–Kier alpha value is -2.13. The molecule has 1 atom stereocenters. The Morgan fingerprint density at radius 1 is 0.955 bits per heavy atom. The van der Waals surface area contributed by atoms with Gasteiger partial charge in [-0.05, 0) is 30.9 Å². The van der Waals surface area contributed by atoms with Crippen LogP contribution in [0.15, 0.2) is 60.7 Å². The number of benzene rings is 2. The average molecular weight is 294 g/mol. The summed E-state index contributed by atoms with van der Waals surface area (Å²) in [6.07, 6.45) is 1.64. The Labute approximate surface area is 131 Å². The van der Waals surface area contributed by atoms with Crippen molar-refractivity contribution in [3.05, 3.63) is 71.8 Å². The monoisotopic (exact) mass is 294 g/mol. The number of hydrogen-bond donors (Lipinski definition) is 2. The maximum atomic E-state index is 12.0. The molecule has 2 aromatic carbocycles. The summed E-state index contributed by atoms with van der Waals surface area (Å²) in [5, 5.41) is 6.63. The van der Waals surface area contributed by atoms with Crippen molar-refractivity contribution in [2.24, 2.45) is 0 Å². The van der Waals surface area contributed by atoms with Crippen molar-refractivity contribution in [3.8, 4) is 0 Å². The molecular weight excluding hydrogens is 272 g/mol. The molecule has 1 aliphatic heterocycles. The Morgan fingerprint density at radius 2 is 1.45 bits per heavy atom. The largest absolute Gasteiger partial charge is 0.347 e. The molecule has 1 heterocycles. The van der Waals surface area contributed by atoms with Crippen LogP contribution in [0.5, 0.6) is 0 Å². The fraction of sp³-hybridized carbons (Fsp3) is 0.316. The lowest BCUT2D eigenvalue weighted by molar-refractivity contribution is -0.124. The highest BCUT2D eigenvalue weighted by atomic mass is 16.2. The van der Waals surface area contributed by atoms with Gasteiger partial charge in [-0.3, -0.25) is 4.79 Å². The van der Waals surface area contributed by atoms with Crippen molar-refractivity contribution in [1.29, 1.82) is 0 Å². The van der Waals surface area contributed by atoms with Crippen molar-refractivity contribution in [2.45, 2.75) is 31.3 Å². The van der Waals surface area contributed by atoms with E-state index in [4.69, 9.17) is 0 Å². The zero-order chi connectivity index (χ0) is 15.4. The molecule has 1 fully saturated rings. The number of carbonyl (C=O) groups excluding carboxylic acids is 1. The summed E-state index contributed by atoms with van der Waals surface area (Å²) in [7, 11) is 0. The minimum atomic E-state index is -0.294. The van der Waals surface area contributed by atoms with Crippen LogP contribution < -0.4 is 10.6 Å². The molecule has 0 aliphatic carbocycles. The van der Waals surface area contributed by atoms with E-state index in [0.29, 0.717) is 6.54 Å². The highest BCUT2D eigenvalue weighted by Gasteiger charge is 2.40. The quantitative estimate of drug-likeness (QED) is 0.908. The highest BCUT2D eigenvalue weighted by molar-refractivity contribution is 5.80. The van der Waals surface area contributed by atoms with Crippen molar-refractivity contribution >= 4 is 5.91 Å². The van der Waals surface area contributed by atoms with Crippen molar-refractivity contribution in [3.63, 3.8) is 0 Å². The summed E-state index contributed by atoms with van der Waals surface area (Å²) in [5.41, 5.74) is 2.20. The molecule has 2 aromatic rings. The first-order valence-electron chi connectivity index (χ1n) is 7.80. The third-order valence-corrected chi connectivity index (χ3v) is 4.51. The second-order valence-electron chi connectivity index (χ2n) is 6.13. The predicted molar refractivity (Wildman–Crippen MR) is 88.6 cm³/mol. The normalized spacial score (nSPS) is 20.4. The molecule has 0 spiro atoms. The summed E-state index contributed by atoms with van der Waals surface area (Å²) >= 11 is 0. The number of amides is 1. The van der Waals surface area contributed by atoms with Gasteiger partial charge in [0.15, 0.2) is 0 Å². The van der Waals surface area contributed by atoms with Crippen molar-refractivity contribution in [1.82, 2.24) is 10.6 Å². The Bertz CT molecular complexity index is 583. The van der Waals surface area contributed by atoms with Gasteiger partial charge in [0.05, 0.1) is 12.1 Å². The predicted octanol–water partition coefficient (Wildman–Crippen LogP) is 2.32. The van der Waals surface area contributed by atoms with E-state index in [-0.39, 0.29) is 17.5 Å². The average Bonchev–Trinajstić information content (AvgIpc) is 2.53. The highest BCUT2D eigenvalue weighted by Crippen LogP contribution is 2.25. The van der Waals surface area contributed by atoms with E-state index in [1.165, 1.54) is 11.1 Å². The lowest BCUT2D eigenvalue weighted by Crippen LogP contribution is -2.69. The topological polar surface area (TPSA) is 41.1 Å². The maximum absolute atomic E-state index is 12.0. The van der Waals surface area contributed by atoms with E-state index in [2.05, 4.69) is 41.8 Å². The van der Waals surface area contributed by atoms with Gasteiger partial charge >= 0.3 is 0 Å². The molecule has 0 radical (unpaired) electrons. The van der Waals surface area contributed by atoms with Gasteiger partial charge in [0.25, 0.3) is 0 Å². The Morgan fingerprint density at radius 3 is 1.95 bits per heavy atom. The van der Waals surface area contributed by atoms with Gasteiger partial charge in [-0.15, -0.1) is 0 Å². The molecule has 0 aromatic heterocycles. The summed E-state index contributed by atoms with van der Waals surface area (Å²) in [6, 6.07) is 21.0. The van der Waals surface area contributed by atoms with Crippen molar-refractivity contribution < 1.29 is 4.79 Å². The van der Waals surface area contributed by atoms with Gasteiger partial charge in [-0.2, -0.15) is 0 Å². The summed E-state index contributed by atoms with van der Waals surface area (Å²) < 4.78 is 0. The van der Waals surface area contributed by atoms with Gasteiger partial charge in [-0.1, -0.05) is 60.7 Å². The molecule has 3 rings (SSSR count). The molecule has 3 heteroatoms. The minimum absolute atomic E-state index is 0.0740. The molecule has 1 amide bonds. The van der Waals surface area contributed by atoms with Gasteiger partial charge in [0.2, 0.25) is 5.91 Å². The number of rotatable bonds is 4. The molecule has 1 aliphatic rings. The first-order valence-corrected chi connectivity index (χ1v) is 7.80. The van der Waals surface area contributed by atoms with Crippen LogP contribution in [-0.2, 0) is 17.6 Å². The van der Waals surface area contributed by atoms with Crippen LogP contribution in [0.2, 0.25) is 0 Å². The summed E-state index contributed by atoms with van der Waals surface area (Å²) in [6.45, 7) is 2.55. The third-order valence-electron chi connectivity index (χ3n) is 4.51. The lowest BCUT2D eigenvalue weighted by atomic mass is 9.78. The van der Waals surface area contributed by atoms with Crippen LogP contribution >= 0.6 is 0 Å². The fourth-order valence-electron chi connectivity index (χ4n) is 3.25. The van der Waals surface area contributed by atoms with Gasteiger partial charge in [-0.25, -0.2) is 0 Å². The number of nitrogens with one attached hydrogen (secondary N) is 2. The smallest absolute Gasteiger partial charge is 0.234 e. The van der Waals surface area contributed by atoms with Gasteiger partial charge in [0.1, 0.15) is 0 Å². The van der Waals surface area contributed by atoms with E-state index >= 15 is 0 Å². The van der Waals surface area contributed by atoms with Crippen LogP contribution in [0.25, 0.3) is 0 Å². The van der Waals surface area contributed by atoms with Crippen LogP contribution in [0.1, 0.15) is 18.1 Å². The number of carbonyl (C=O) groups is 1. The standard InChI is InChI=1S/C19H22N2O/c1-15-19(21-18(22)14-20-15,12-16-8-4-2-5-9-16)13-17-10-6-3-7-11-17/h2-11,15,20H,12-14H2,1H3,(H,21,22). The first-order chi connectivity index (χ1) is 10.7. The Kier molecular flexibility index (Phi) is 4.25. The molecule has 3 nitrogen and oxygen atoms in total. The fourth-order valence-corrected chi connectivity index (χ4v) is 3.25.